The summed E-state index contributed by atoms with van der Waals surface area (Å²) in [4.78, 5) is 40.7. The fourth-order valence-electron chi connectivity index (χ4n) is 3.76. The quantitative estimate of drug-likeness (QED) is 0.224. The topological polar surface area (TPSA) is 144 Å². The number of hydrogen-bond donors (Lipinski definition) is 4. The molecule has 2 heterocycles. The van der Waals surface area contributed by atoms with Gasteiger partial charge in [-0.15, -0.1) is 0 Å². The first-order valence-corrected chi connectivity index (χ1v) is 15.8. The van der Waals surface area contributed by atoms with Gasteiger partial charge in [0, 0.05) is 38.5 Å². The number of carboxylic acid groups (broad SMARTS) is 1. The summed E-state index contributed by atoms with van der Waals surface area (Å²) in [5.74, 6) is 0.304. The minimum atomic E-state index is -1.28. The van der Waals surface area contributed by atoms with Crippen molar-refractivity contribution in [3.8, 4) is 11.3 Å². The van der Waals surface area contributed by atoms with Gasteiger partial charge in [-0.05, 0) is 37.1 Å². The normalized spacial score (nSPS) is 15.9. The lowest BCUT2D eigenvalue weighted by Gasteiger charge is -2.18. The molecule has 1 aliphatic rings. The van der Waals surface area contributed by atoms with E-state index in [1.807, 2.05) is 12.2 Å². The summed E-state index contributed by atoms with van der Waals surface area (Å²) < 4.78 is 12.4. The van der Waals surface area contributed by atoms with Crippen molar-refractivity contribution >= 4 is 37.5 Å². The monoisotopic (exact) mass is 529 g/mol. The Hall–Kier alpha value is -3.64. The van der Waals surface area contributed by atoms with E-state index in [9.17, 15) is 19.5 Å². The van der Waals surface area contributed by atoms with E-state index in [4.69, 9.17) is 9.72 Å². The lowest BCUT2D eigenvalue weighted by Crippen LogP contribution is -2.29. The summed E-state index contributed by atoms with van der Waals surface area (Å²) in [6, 6.07) is 5.43. The van der Waals surface area contributed by atoms with Gasteiger partial charge in [-0.3, -0.25) is 10.1 Å². The first-order chi connectivity index (χ1) is 17.6. The zero-order chi connectivity index (χ0) is 27.0. The van der Waals surface area contributed by atoms with Crippen molar-refractivity contribution in [2.75, 3.05) is 24.4 Å². The van der Waals surface area contributed by atoms with Crippen molar-refractivity contribution < 1.29 is 29.0 Å². The van der Waals surface area contributed by atoms with E-state index < -0.39 is 26.3 Å². The Morgan fingerprint density at radius 1 is 1.27 bits per heavy atom. The number of nitrogens with zero attached hydrogens (tertiary/aromatic N) is 2. The van der Waals surface area contributed by atoms with E-state index in [0.717, 1.165) is 6.04 Å². The second-order valence-corrected chi connectivity index (χ2v) is 15.6. The number of carbonyl (C=O) groups excluding carboxylic acids is 2. The third kappa shape index (κ3) is 8.46. The highest BCUT2D eigenvalue weighted by atomic mass is 28.3. The number of amides is 3. The SMILES string of the molecule is COC(=O)Nc1ccc2c(c1)NC(=O)CCC=CC[C@H](NC(=O)O)c1nc-2cn1COCC[Si](C)(C)C. The summed E-state index contributed by atoms with van der Waals surface area (Å²) in [6.45, 7) is 7.62. The molecule has 0 saturated carbocycles. The predicted octanol–water partition coefficient (Wildman–Crippen LogP) is 5.03. The maximum Gasteiger partial charge on any atom is 0.411 e. The number of ether oxygens (including phenoxy) is 2. The van der Waals surface area contributed by atoms with Gasteiger partial charge in [0.05, 0.1) is 24.5 Å². The summed E-state index contributed by atoms with van der Waals surface area (Å²) in [5, 5.41) is 17.5. The molecular weight excluding hydrogens is 494 g/mol. The van der Waals surface area contributed by atoms with E-state index >= 15 is 0 Å². The molecule has 1 aromatic heterocycles. The van der Waals surface area contributed by atoms with Crippen molar-refractivity contribution in [1.29, 1.82) is 0 Å². The third-order valence-corrected chi connectivity index (χ3v) is 7.43. The van der Waals surface area contributed by atoms with Crippen molar-refractivity contribution in [2.24, 2.45) is 0 Å². The molecule has 12 heteroatoms. The van der Waals surface area contributed by atoms with Gasteiger partial charge in [0.1, 0.15) is 12.6 Å². The van der Waals surface area contributed by atoms with Crippen LogP contribution in [0, 0.1) is 0 Å². The second kappa shape index (κ2) is 12.5. The number of methoxy groups -OCH3 is 1. The zero-order valence-electron chi connectivity index (χ0n) is 21.7. The van der Waals surface area contributed by atoms with Crippen LogP contribution in [0.3, 0.4) is 0 Å². The summed E-state index contributed by atoms with van der Waals surface area (Å²) in [7, 11) is -0.0159. The van der Waals surface area contributed by atoms with E-state index in [1.165, 1.54) is 7.11 Å². The lowest BCUT2D eigenvalue weighted by molar-refractivity contribution is -0.116. The minimum Gasteiger partial charge on any atom is -0.465 e. The molecular formula is C25H35N5O6Si. The van der Waals surface area contributed by atoms with Gasteiger partial charge >= 0.3 is 12.2 Å². The molecule has 0 saturated heterocycles. The van der Waals surface area contributed by atoms with Crippen molar-refractivity contribution in [3.05, 3.63) is 42.4 Å². The number of carbonyl (C=O) groups is 3. The van der Waals surface area contributed by atoms with Gasteiger partial charge in [0.15, 0.2) is 0 Å². The highest BCUT2D eigenvalue weighted by molar-refractivity contribution is 6.76. The highest BCUT2D eigenvalue weighted by Crippen LogP contribution is 2.32. The molecule has 3 amide bonds. The summed E-state index contributed by atoms with van der Waals surface area (Å²) >= 11 is 0. The third-order valence-electron chi connectivity index (χ3n) is 5.72. The molecule has 3 rings (SSSR count). The van der Waals surface area contributed by atoms with Crippen LogP contribution in [0.4, 0.5) is 21.0 Å². The standard InChI is InChI=1S/C25H35N5O6Si/c1-35-25(34)26-17-10-11-18-20(14-17)27-22(31)9-7-5-6-8-19(29-24(32)33)23-28-21(18)15-30(23)16-36-12-13-37(2,3)4/h5-6,10-11,14-15,19,29H,7-9,12-13,16H2,1-4H3,(H,26,34)(H,27,31)(H,32,33)/t19-/m0/s1. The van der Waals surface area contributed by atoms with Crippen LogP contribution in [-0.2, 0) is 21.0 Å². The Kier molecular flexibility index (Phi) is 9.47. The number of aromatic nitrogens is 2. The zero-order valence-corrected chi connectivity index (χ0v) is 22.7. The molecule has 0 radical (unpaired) electrons. The molecule has 11 nitrogen and oxygen atoms in total. The van der Waals surface area contributed by atoms with Crippen LogP contribution in [0.5, 0.6) is 0 Å². The minimum absolute atomic E-state index is 0.199. The van der Waals surface area contributed by atoms with Crippen LogP contribution >= 0.6 is 0 Å². The Morgan fingerprint density at radius 2 is 2.05 bits per heavy atom. The number of nitrogens with one attached hydrogen (secondary N) is 3. The average molecular weight is 530 g/mol. The largest absolute Gasteiger partial charge is 0.465 e. The molecule has 1 atom stereocenters. The van der Waals surface area contributed by atoms with E-state index in [1.54, 1.807) is 29.0 Å². The number of allylic oxidation sites excluding steroid dienone is 1. The molecule has 200 valence electrons. The smallest absolute Gasteiger partial charge is 0.411 e. The number of rotatable bonds is 7. The Morgan fingerprint density at radius 3 is 2.76 bits per heavy atom. The maximum absolute atomic E-state index is 12.6. The summed E-state index contributed by atoms with van der Waals surface area (Å²) in [5.41, 5.74) is 2.05. The number of hydrogen-bond acceptors (Lipinski definition) is 6. The van der Waals surface area contributed by atoms with Crippen LogP contribution in [0.2, 0.25) is 25.7 Å². The fourth-order valence-corrected chi connectivity index (χ4v) is 4.51. The number of anilines is 2. The van der Waals surface area contributed by atoms with Crippen LogP contribution in [0.15, 0.2) is 36.5 Å². The molecule has 1 aliphatic heterocycles. The molecule has 2 aromatic rings. The van der Waals surface area contributed by atoms with E-state index in [-0.39, 0.29) is 19.1 Å². The van der Waals surface area contributed by atoms with Gasteiger partial charge < -0.3 is 29.8 Å². The number of imidazole rings is 1. The second-order valence-electron chi connectivity index (χ2n) is 9.98. The Labute approximate surface area is 217 Å². The van der Waals surface area contributed by atoms with Crippen molar-refractivity contribution in [2.45, 2.75) is 57.7 Å². The Balaban J connectivity index is 2.04. The molecule has 4 N–H and O–H groups in total. The van der Waals surface area contributed by atoms with Gasteiger partial charge in [-0.2, -0.15) is 0 Å². The molecule has 0 spiro atoms. The highest BCUT2D eigenvalue weighted by Gasteiger charge is 2.23. The van der Waals surface area contributed by atoms with Crippen molar-refractivity contribution in [3.63, 3.8) is 0 Å². The lowest BCUT2D eigenvalue weighted by atomic mass is 10.1. The first-order valence-electron chi connectivity index (χ1n) is 12.1. The first kappa shape index (κ1) is 27.9. The number of benzene rings is 1. The van der Waals surface area contributed by atoms with Gasteiger partial charge in [-0.1, -0.05) is 31.8 Å². The molecule has 0 aliphatic carbocycles. The van der Waals surface area contributed by atoms with Gasteiger partial charge in [-0.25, -0.2) is 14.6 Å². The fraction of sp³-hybridized carbons (Fsp3) is 0.440. The van der Waals surface area contributed by atoms with Crippen molar-refractivity contribution in [1.82, 2.24) is 14.9 Å². The van der Waals surface area contributed by atoms with Crippen LogP contribution < -0.4 is 16.0 Å². The van der Waals surface area contributed by atoms with Crippen LogP contribution in [-0.4, -0.2) is 54.5 Å². The predicted molar refractivity (Wildman–Crippen MR) is 143 cm³/mol. The Bertz CT molecular complexity index is 1160. The summed E-state index contributed by atoms with van der Waals surface area (Å²) in [6.07, 6.45) is 4.79. The molecule has 0 unspecified atom stereocenters. The number of fused-ring (bicyclic) bond motifs is 4. The maximum atomic E-state index is 12.6. The average Bonchev–Trinajstić information content (AvgIpc) is 3.23. The molecule has 0 fully saturated rings. The van der Waals surface area contributed by atoms with Gasteiger partial charge in [0.2, 0.25) is 5.91 Å². The van der Waals surface area contributed by atoms with Gasteiger partial charge in [0.25, 0.3) is 0 Å². The van der Waals surface area contributed by atoms with Crippen LogP contribution in [0.1, 0.15) is 31.1 Å². The van der Waals surface area contributed by atoms with E-state index in [0.29, 0.717) is 47.9 Å². The van der Waals surface area contributed by atoms with Crippen LogP contribution in [0.25, 0.3) is 11.3 Å². The molecule has 2 bridgehead atoms. The molecule has 1 aromatic carbocycles. The van der Waals surface area contributed by atoms with E-state index in [2.05, 4.69) is 40.3 Å². The molecule has 37 heavy (non-hydrogen) atoms.